The van der Waals surface area contributed by atoms with Crippen LogP contribution in [0, 0.1) is 5.92 Å². The zero-order valence-electron chi connectivity index (χ0n) is 8.86. The maximum absolute atomic E-state index is 5.06. The summed E-state index contributed by atoms with van der Waals surface area (Å²) in [6.45, 7) is 2.98. The summed E-state index contributed by atoms with van der Waals surface area (Å²) in [5, 5.41) is 3.26. The molecule has 0 fully saturated rings. The van der Waals surface area contributed by atoms with Gasteiger partial charge in [-0.1, -0.05) is 6.92 Å². The van der Waals surface area contributed by atoms with Gasteiger partial charge in [0.25, 0.3) is 0 Å². The quantitative estimate of drug-likeness (QED) is 0.780. The van der Waals surface area contributed by atoms with Crippen LogP contribution in [-0.4, -0.2) is 29.5 Å². The van der Waals surface area contributed by atoms with E-state index in [0.717, 1.165) is 18.7 Å². The molecule has 0 bridgehead atoms. The molecule has 0 aliphatic carbocycles. The van der Waals surface area contributed by atoms with Crippen molar-refractivity contribution in [1.29, 1.82) is 0 Å². The minimum absolute atomic E-state index is 0.281. The number of hydrogen-bond donors (Lipinski definition) is 1. The Balaban J connectivity index is 2.53. The molecule has 2 atom stereocenters. The topological polar surface area (TPSA) is 47.0 Å². The second-order valence-corrected chi connectivity index (χ2v) is 3.91. The first kappa shape index (κ1) is 11.6. The average Bonchev–Trinajstić information content (AvgIpc) is 2.69. The number of nitrogens with zero attached hydrogens (tertiary/aromatic N) is 2. The number of aromatic nitrogens is 2. The van der Waals surface area contributed by atoms with Gasteiger partial charge in [-0.05, 0) is 19.4 Å². The summed E-state index contributed by atoms with van der Waals surface area (Å²) in [5.41, 5.74) is 1.03. The zero-order chi connectivity index (χ0) is 10.4. The Bertz CT molecular complexity index is 240. The van der Waals surface area contributed by atoms with Gasteiger partial charge in [0.2, 0.25) is 0 Å². The highest BCUT2D eigenvalue weighted by Crippen LogP contribution is 2.22. The van der Waals surface area contributed by atoms with Crippen molar-refractivity contribution >= 4 is 11.7 Å². The van der Waals surface area contributed by atoms with Crippen molar-refractivity contribution in [3.05, 3.63) is 11.9 Å². The molecule has 1 aromatic heterocycles. The number of hydrogen-bond acceptors (Lipinski definition) is 5. The Hall–Kier alpha value is -0.520. The van der Waals surface area contributed by atoms with Gasteiger partial charge in [0.15, 0.2) is 0 Å². The second-order valence-electron chi connectivity index (χ2n) is 3.36. The molecule has 0 saturated carbocycles. The van der Waals surface area contributed by atoms with Gasteiger partial charge in [-0.15, -0.1) is 0 Å². The monoisotopic (exact) mass is 215 g/mol. The van der Waals surface area contributed by atoms with Gasteiger partial charge >= 0.3 is 0 Å². The van der Waals surface area contributed by atoms with Crippen LogP contribution in [0.25, 0.3) is 0 Å². The Morgan fingerprint density at radius 1 is 1.64 bits per heavy atom. The van der Waals surface area contributed by atoms with E-state index in [0.29, 0.717) is 5.92 Å². The SMILES string of the molecule is CNC(c1cnsn1)C(C)CCOC. The van der Waals surface area contributed by atoms with Gasteiger partial charge in [0.05, 0.1) is 29.7 Å². The van der Waals surface area contributed by atoms with E-state index in [1.165, 1.54) is 11.7 Å². The number of methoxy groups -OCH3 is 1. The van der Waals surface area contributed by atoms with Gasteiger partial charge < -0.3 is 10.1 Å². The van der Waals surface area contributed by atoms with Gasteiger partial charge in [0.1, 0.15) is 0 Å². The molecule has 1 aromatic rings. The lowest BCUT2D eigenvalue weighted by Crippen LogP contribution is -2.24. The van der Waals surface area contributed by atoms with Crippen LogP contribution in [-0.2, 0) is 4.74 Å². The first-order valence-electron chi connectivity index (χ1n) is 4.73. The standard InChI is InChI=1S/C9H17N3OS/c1-7(4-5-13-3)9(10-2)8-6-11-14-12-8/h6-7,9-10H,4-5H2,1-3H3. The van der Waals surface area contributed by atoms with Crippen LogP contribution in [0.4, 0.5) is 0 Å². The zero-order valence-corrected chi connectivity index (χ0v) is 9.67. The molecule has 5 heteroatoms. The number of nitrogens with one attached hydrogen (secondary N) is 1. The highest BCUT2D eigenvalue weighted by atomic mass is 32.1. The molecule has 0 aliphatic heterocycles. The molecule has 14 heavy (non-hydrogen) atoms. The number of ether oxygens (including phenoxy) is 1. The van der Waals surface area contributed by atoms with E-state index in [1.54, 1.807) is 7.11 Å². The highest BCUT2D eigenvalue weighted by molar-refractivity contribution is 6.99. The predicted molar refractivity (Wildman–Crippen MR) is 57.4 cm³/mol. The fraction of sp³-hybridized carbons (Fsp3) is 0.778. The minimum atomic E-state index is 0.281. The maximum Gasteiger partial charge on any atom is 0.0914 e. The van der Waals surface area contributed by atoms with Crippen LogP contribution in [0.2, 0.25) is 0 Å². The molecule has 1 heterocycles. The van der Waals surface area contributed by atoms with Crippen molar-refractivity contribution in [1.82, 2.24) is 14.1 Å². The van der Waals surface area contributed by atoms with E-state index >= 15 is 0 Å². The van der Waals surface area contributed by atoms with Crippen LogP contribution in [0.1, 0.15) is 25.1 Å². The summed E-state index contributed by atoms with van der Waals surface area (Å²) in [6.07, 6.45) is 2.86. The normalized spacial score (nSPS) is 15.4. The molecule has 4 nitrogen and oxygen atoms in total. The van der Waals surface area contributed by atoms with Crippen molar-refractivity contribution in [3.63, 3.8) is 0 Å². The van der Waals surface area contributed by atoms with Crippen molar-refractivity contribution in [2.45, 2.75) is 19.4 Å². The molecular formula is C9H17N3OS. The summed E-state index contributed by atoms with van der Waals surface area (Å²) in [4.78, 5) is 0. The summed E-state index contributed by atoms with van der Waals surface area (Å²) < 4.78 is 13.3. The predicted octanol–water partition coefficient (Wildman–Crippen LogP) is 1.47. The van der Waals surface area contributed by atoms with Crippen molar-refractivity contribution < 1.29 is 4.74 Å². The molecule has 80 valence electrons. The molecule has 0 radical (unpaired) electrons. The molecule has 0 aliphatic rings. The van der Waals surface area contributed by atoms with Crippen LogP contribution in [0.5, 0.6) is 0 Å². The van der Waals surface area contributed by atoms with Crippen LogP contribution < -0.4 is 5.32 Å². The molecule has 2 unspecified atom stereocenters. The third kappa shape index (κ3) is 3.01. The van der Waals surface area contributed by atoms with Gasteiger partial charge in [-0.2, -0.15) is 8.75 Å². The Morgan fingerprint density at radius 2 is 2.43 bits per heavy atom. The maximum atomic E-state index is 5.06. The number of rotatable bonds is 6. The van der Waals surface area contributed by atoms with E-state index < -0.39 is 0 Å². The lowest BCUT2D eigenvalue weighted by molar-refractivity contribution is 0.171. The summed E-state index contributed by atoms with van der Waals surface area (Å²) in [6, 6.07) is 0.281. The van der Waals surface area contributed by atoms with Gasteiger partial charge in [-0.3, -0.25) is 0 Å². The van der Waals surface area contributed by atoms with E-state index in [9.17, 15) is 0 Å². The molecule has 0 aromatic carbocycles. The third-order valence-electron chi connectivity index (χ3n) is 2.35. The van der Waals surface area contributed by atoms with Gasteiger partial charge in [0, 0.05) is 13.7 Å². The first-order valence-corrected chi connectivity index (χ1v) is 5.46. The van der Waals surface area contributed by atoms with Crippen LogP contribution in [0.15, 0.2) is 6.20 Å². The summed E-state index contributed by atoms with van der Waals surface area (Å²) in [7, 11) is 3.68. The van der Waals surface area contributed by atoms with Gasteiger partial charge in [-0.25, -0.2) is 0 Å². The summed E-state index contributed by atoms with van der Waals surface area (Å²) in [5.74, 6) is 0.504. The molecule has 0 saturated heterocycles. The van der Waals surface area contributed by atoms with E-state index in [2.05, 4.69) is 21.0 Å². The van der Waals surface area contributed by atoms with E-state index in [1.807, 2.05) is 13.2 Å². The highest BCUT2D eigenvalue weighted by Gasteiger charge is 2.19. The smallest absolute Gasteiger partial charge is 0.0914 e. The minimum Gasteiger partial charge on any atom is -0.385 e. The molecule has 0 spiro atoms. The van der Waals surface area contributed by atoms with Crippen molar-refractivity contribution in [2.24, 2.45) is 5.92 Å². The van der Waals surface area contributed by atoms with E-state index in [4.69, 9.17) is 4.74 Å². The summed E-state index contributed by atoms with van der Waals surface area (Å²) >= 11 is 1.25. The Morgan fingerprint density at radius 3 is 2.93 bits per heavy atom. The Kier molecular flexibility index (Phi) is 5.00. The second kappa shape index (κ2) is 6.06. The lowest BCUT2D eigenvalue weighted by Gasteiger charge is -2.20. The molecule has 1 N–H and O–H groups in total. The van der Waals surface area contributed by atoms with E-state index in [-0.39, 0.29) is 6.04 Å². The van der Waals surface area contributed by atoms with Crippen LogP contribution >= 0.6 is 11.7 Å². The Labute approximate surface area is 89.0 Å². The fourth-order valence-corrected chi connectivity index (χ4v) is 1.96. The first-order chi connectivity index (χ1) is 6.79. The van der Waals surface area contributed by atoms with Crippen molar-refractivity contribution in [3.8, 4) is 0 Å². The fourth-order valence-electron chi connectivity index (χ4n) is 1.50. The lowest BCUT2D eigenvalue weighted by atomic mass is 9.96. The molecule has 1 rings (SSSR count). The third-order valence-corrected chi connectivity index (χ3v) is 2.85. The largest absolute Gasteiger partial charge is 0.385 e. The average molecular weight is 215 g/mol. The molecular weight excluding hydrogens is 198 g/mol. The molecule has 0 amide bonds. The van der Waals surface area contributed by atoms with Crippen molar-refractivity contribution in [2.75, 3.05) is 20.8 Å². The van der Waals surface area contributed by atoms with Crippen LogP contribution in [0.3, 0.4) is 0 Å².